The molecule has 0 saturated heterocycles. The minimum Gasteiger partial charge on any atom is -0.395 e. The summed E-state index contributed by atoms with van der Waals surface area (Å²) in [5, 5.41) is 11.5. The number of carbonyl (C=O) groups excluding carboxylic acids is 1. The summed E-state index contributed by atoms with van der Waals surface area (Å²) in [5.41, 5.74) is 1.16. The van der Waals surface area contributed by atoms with Crippen LogP contribution < -0.4 is 5.32 Å². The first-order chi connectivity index (χ1) is 9.77. The van der Waals surface area contributed by atoms with Crippen molar-refractivity contribution in [3.8, 4) is 11.8 Å². The van der Waals surface area contributed by atoms with Gasteiger partial charge in [-0.2, -0.15) is 0 Å². The molecule has 1 amide bonds. The second-order valence-electron chi connectivity index (χ2n) is 4.52. The molecule has 108 valence electrons. The zero-order valence-corrected chi connectivity index (χ0v) is 12.0. The van der Waals surface area contributed by atoms with Crippen molar-refractivity contribution in [3.63, 3.8) is 0 Å². The van der Waals surface area contributed by atoms with Crippen molar-refractivity contribution in [1.82, 2.24) is 10.3 Å². The van der Waals surface area contributed by atoms with E-state index >= 15 is 0 Å². The summed E-state index contributed by atoms with van der Waals surface area (Å²) in [6, 6.07) is 3.44. The third-order valence-electron chi connectivity index (χ3n) is 2.78. The number of amides is 1. The van der Waals surface area contributed by atoms with Crippen LogP contribution in [0, 0.1) is 11.8 Å². The first-order valence-electron chi connectivity index (χ1n) is 7.12. The third kappa shape index (κ3) is 6.35. The first-order valence-corrected chi connectivity index (χ1v) is 7.12. The standard InChI is InChI=1S/C16H22N2O2/c1-2-3-4-6-11-17-16(20)15-10-9-14(13-18-15)8-5-7-12-19/h9-10,13,19H,2-4,6-7,11-12H2,1H3,(H,17,20). The predicted octanol–water partition coefficient (Wildman–Crippen LogP) is 2.13. The van der Waals surface area contributed by atoms with Crippen LogP contribution in [0.15, 0.2) is 18.3 Å². The van der Waals surface area contributed by atoms with Gasteiger partial charge < -0.3 is 10.4 Å². The number of nitrogens with one attached hydrogen (secondary N) is 1. The Morgan fingerprint density at radius 2 is 2.20 bits per heavy atom. The van der Waals surface area contributed by atoms with Crippen molar-refractivity contribution in [2.24, 2.45) is 0 Å². The van der Waals surface area contributed by atoms with E-state index in [1.54, 1.807) is 18.3 Å². The van der Waals surface area contributed by atoms with Gasteiger partial charge in [0.1, 0.15) is 5.69 Å². The van der Waals surface area contributed by atoms with E-state index in [2.05, 4.69) is 29.1 Å². The molecular weight excluding hydrogens is 252 g/mol. The number of hydrogen-bond donors (Lipinski definition) is 2. The average Bonchev–Trinajstić information content (AvgIpc) is 2.48. The van der Waals surface area contributed by atoms with E-state index in [4.69, 9.17) is 5.11 Å². The van der Waals surface area contributed by atoms with Gasteiger partial charge in [-0.15, -0.1) is 0 Å². The zero-order valence-electron chi connectivity index (χ0n) is 12.0. The maximum Gasteiger partial charge on any atom is 0.269 e. The normalized spacial score (nSPS) is 9.70. The van der Waals surface area contributed by atoms with Crippen LogP contribution in [0.4, 0.5) is 0 Å². The summed E-state index contributed by atoms with van der Waals surface area (Å²) in [4.78, 5) is 15.9. The number of hydrogen-bond acceptors (Lipinski definition) is 3. The van der Waals surface area contributed by atoms with Gasteiger partial charge in [0.2, 0.25) is 0 Å². The molecule has 4 nitrogen and oxygen atoms in total. The fraction of sp³-hybridized carbons (Fsp3) is 0.500. The van der Waals surface area contributed by atoms with Gasteiger partial charge in [0.25, 0.3) is 5.91 Å². The van der Waals surface area contributed by atoms with Crippen molar-refractivity contribution in [1.29, 1.82) is 0 Å². The lowest BCUT2D eigenvalue weighted by Crippen LogP contribution is -2.25. The molecule has 2 N–H and O–H groups in total. The van der Waals surface area contributed by atoms with E-state index in [9.17, 15) is 4.79 Å². The molecule has 1 heterocycles. The summed E-state index contributed by atoms with van der Waals surface area (Å²) < 4.78 is 0. The van der Waals surface area contributed by atoms with Gasteiger partial charge in [-0.05, 0) is 18.6 Å². The summed E-state index contributed by atoms with van der Waals surface area (Å²) in [6.45, 7) is 2.91. The molecule has 0 saturated carbocycles. The van der Waals surface area contributed by atoms with Crippen LogP contribution >= 0.6 is 0 Å². The van der Waals surface area contributed by atoms with Gasteiger partial charge in [-0.3, -0.25) is 4.79 Å². The number of unbranched alkanes of at least 4 members (excludes halogenated alkanes) is 3. The molecule has 0 aliphatic rings. The summed E-state index contributed by atoms with van der Waals surface area (Å²) in [7, 11) is 0. The minimum absolute atomic E-state index is 0.0545. The van der Waals surface area contributed by atoms with Crippen molar-refractivity contribution < 1.29 is 9.90 Å². The molecule has 0 radical (unpaired) electrons. The van der Waals surface area contributed by atoms with E-state index in [0.717, 1.165) is 18.4 Å². The molecule has 0 bridgehead atoms. The molecule has 0 fully saturated rings. The maximum absolute atomic E-state index is 11.8. The van der Waals surface area contributed by atoms with Gasteiger partial charge in [0.05, 0.1) is 6.61 Å². The number of pyridine rings is 1. The van der Waals surface area contributed by atoms with E-state index in [1.165, 1.54) is 12.8 Å². The lowest BCUT2D eigenvalue weighted by molar-refractivity contribution is 0.0948. The summed E-state index contributed by atoms with van der Waals surface area (Å²) >= 11 is 0. The Morgan fingerprint density at radius 3 is 2.85 bits per heavy atom. The van der Waals surface area contributed by atoms with Crippen LogP contribution in [0.5, 0.6) is 0 Å². The lowest BCUT2D eigenvalue weighted by atomic mass is 10.2. The highest BCUT2D eigenvalue weighted by Gasteiger charge is 2.05. The van der Waals surface area contributed by atoms with Gasteiger partial charge in [0, 0.05) is 24.7 Å². The fourth-order valence-electron chi connectivity index (χ4n) is 1.67. The Bertz CT molecular complexity index is 458. The minimum atomic E-state index is -0.142. The van der Waals surface area contributed by atoms with Crippen LogP contribution in [-0.2, 0) is 0 Å². The van der Waals surface area contributed by atoms with E-state index in [1.807, 2.05) is 0 Å². The number of nitrogens with zero attached hydrogens (tertiary/aromatic N) is 1. The number of aliphatic hydroxyl groups is 1. The van der Waals surface area contributed by atoms with Crippen molar-refractivity contribution in [3.05, 3.63) is 29.6 Å². The fourth-order valence-corrected chi connectivity index (χ4v) is 1.67. The first kappa shape index (κ1) is 16.2. The van der Waals surface area contributed by atoms with E-state index < -0.39 is 0 Å². The van der Waals surface area contributed by atoms with Crippen LogP contribution in [0.1, 0.15) is 55.1 Å². The smallest absolute Gasteiger partial charge is 0.269 e. The highest BCUT2D eigenvalue weighted by Crippen LogP contribution is 2.00. The molecule has 0 aliphatic heterocycles. The highest BCUT2D eigenvalue weighted by molar-refractivity contribution is 5.92. The molecule has 0 atom stereocenters. The van der Waals surface area contributed by atoms with Gasteiger partial charge in [-0.25, -0.2) is 4.98 Å². The quantitative estimate of drug-likeness (QED) is 0.591. The van der Waals surface area contributed by atoms with Crippen molar-refractivity contribution in [2.75, 3.05) is 13.2 Å². The molecular formula is C16H22N2O2. The molecule has 1 aromatic rings. The second-order valence-corrected chi connectivity index (χ2v) is 4.52. The Morgan fingerprint density at radius 1 is 1.35 bits per heavy atom. The Hall–Kier alpha value is -1.86. The number of aliphatic hydroxyl groups excluding tert-OH is 1. The summed E-state index contributed by atoms with van der Waals surface area (Å²) in [5.74, 6) is 5.54. The average molecular weight is 274 g/mol. The number of carbonyl (C=O) groups is 1. The third-order valence-corrected chi connectivity index (χ3v) is 2.78. The summed E-state index contributed by atoms with van der Waals surface area (Å²) in [6.07, 6.45) is 6.56. The maximum atomic E-state index is 11.8. The molecule has 20 heavy (non-hydrogen) atoms. The zero-order chi connectivity index (χ0) is 14.6. The highest BCUT2D eigenvalue weighted by atomic mass is 16.2. The molecule has 4 heteroatoms. The van der Waals surface area contributed by atoms with Crippen LogP contribution in [0.3, 0.4) is 0 Å². The molecule has 0 aliphatic carbocycles. The second kappa shape index (κ2) is 9.99. The van der Waals surface area contributed by atoms with E-state index in [0.29, 0.717) is 18.7 Å². The molecule has 0 aromatic carbocycles. The SMILES string of the molecule is CCCCCCNC(=O)c1ccc(C#CCCO)cn1. The molecule has 1 aromatic heterocycles. The number of aromatic nitrogens is 1. The van der Waals surface area contributed by atoms with Crippen molar-refractivity contribution in [2.45, 2.75) is 39.0 Å². The lowest BCUT2D eigenvalue weighted by Gasteiger charge is -2.04. The van der Waals surface area contributed by atoms with Gasteiger partial charge in [0.15, 0.2) is 0 Å². The van der Waals surface area contributed by atoms with Gasteiger partial charge in [-0.1, -0.05) is 38.0 Å². The largest absolute Gasteiger partial charge is 0.395 e. The molecule has 0 unspecified atom stereocenters. The predicted molar refractivity (Wildman–Crippen MR) is 79.3 cm³/mol. The number of rotatable bonds is 7. The van der Waals surface area contributed by atoms with Crippen molar-refractivity contribution >= 4 is 5.91 Å². The molecule has 1 rings (SSSR count). The topological polar surface area (TPSA) is 62.2 Å². The van der Waals surface area contributed by atoms with Crippen LogP contribution in [0.2, 0.25) is 0 Å². The van der Waals surface area contributed by atoms with Gasteiger partial charge >= 0.3 is 0 Å². The Balaban J connectivity index is 2.40. The van der Waals surface area contributed by atoms with E-state index in [-0.39, 0.29) is 12.5 Å². The Labute approximate surface area is 120 Å². The molecule has 0 spiro atoms. The monoisotopic (exact) mass is 274 g/mol. The van der Waals surface area contributed by atoms with Crippen LogP contribution in [0.25, 0.3) is 0 Å². The van der Waals surface area contributed by atoms with Crippen LogP contribution in [-0.4, -0.2) is 29.1 Å². The Kier molecular flexibility index (Phi) is 8.09.